The molecule has 1 aromatic rings. The zero-order valence-corrected chi connectivity index (χ0v) is 10.5. The summed E-state index contributed by atoms with van der Waals surface area (Å²) >= 11 is 0. The van der Waals surface area contributed by atoms with Crippen LogP contribution in [0.2, 0.25) is 0 Å². The number of nitrogens with zero attached hydrogens (tertiary/aromatic N) is 1. The number of hydrogen-bond acceptors (Lipinski definition) is 4. The van der Waals surface area contributed by atoms with Crippen LogP contribution < -0.4 is 14.8 Å². The molecule has 0 spiro atoms. The molecule has 1 unspecified atom stereocenters. The van der Waals surface area contributed by atoms with E-state index in [1.54, 1.807) is 6.20 Å². The Kier molecular flexibility index (Phi) is 4.20. The molecule has 0 amide bonds. The second-order valence-electron chi connectivity index (χ2n) is 4.58. The van der Waals surface area contributed by atoms with Gasteiger partial charge in [-0.3, -0.25) is 0 Å². The minimum absolute atomic E-state index is 0.131. The van der Waals surface area contributed by atoms with E-state index in [1.165, 1.54) is 12.8 Å². The van der Waals surface area contributed by atoms with Gasteiger partial charge in [0.1, 0.15) is 6.61 Å². The number of aromatic nitrogens is 1. The lowest BCUT2D eigenvalue weighted by molar-refractivity contribution is 0.208. The third-order valence-corrected chi connectivity index (χ3v) is 2.68. The number of pyridine rings is 1. The predicted octanol–water partition coefficient (Wildman–Crippen LogP) is 2.00. The largest absolute Gasteiger partial charge is 0.485 e. The topological polar surface area (TPSA) is 43.4 Å². The summed E-state index contributed by atoms with van der Waals surface area (Å²) in [6.45, 7) is 5.74. The van der Waals surface area contributed by atoms with Gasteiger partial charge in [0.05, 0.1) is 6.10 Å². The van der Waals surface area contributed by atoms with Crippen molar-refractivity contribution in [3.05, 3.63) is 18.3 Å². The van der Waals surface area contributed by atoms with Crippen molar-refractivity contribution in [3.8, 4) is 11.6 Å². The average molecular weight is 236 g/mol. The van der Waals surface area contributed by atoms with Gasteiger partial charge in [0, 0.05) is 12.2 Å². The van der Waals surface area contributed by atoms with Crippen molar-refractivity contribution in [2.24, 2.45) is 0 Å². The Labute approximate surface area is 102 Å². The van der Waals surface area contributed by atoms with E-state index in [1.807, 2.05) is 26.0 Å². The van der Waals surface area contributed by atoms with Crippen molar-refractivity contribution in [3.63, 3.8) is 0 Å². The Morgan fingerprint density at radius 1 is 1.53 bits per heavy atom. The van der Waals surface area contributed by atoms with Gasteiger partial charge < -0.3 is 14.8 Å². The van der Waals surface area contributed by atoms with Gasteiger partial charge in [-0.2, -0.15) is 0 Å². The summed E-state index contributed by atoms with van der Waals surface area (Å²) < 4.78 is 11.4. The maximum atomic E-state index is 5.72. The molecule has 1 N–H and O–H groups in total. The molecule has 0 radical (unpaired) electrons. The monoisotopic (exact) mass is 236 g/mol. The summed E-state index contributed by atoms with van der Waals surface area (Å²) in [4.78, 5) is 4.22. The Hall–Kier alpha value is -1.29. The number of hydrogen-bond donors (Lipinski definition) is 1. The molecular weight excluding hydrogens is 216 g/mol. The first-order chi connectivity index (χ1) is 8.25. The highest BCUT2D eigenvalue weighted by Crippen LogP contribution is 2.25. The van der Waals surface area contributed by atoms with Gasteiger partial charge in [0.2, 0.25) is 0 Å². The van der Waals surface area contributed by atoms with Crippen LogP contribution in [0, 0.1) is 0 Å². The summed E-state index contributed by atoms with van der Waals surface area (Å²) in [6.07, 6.45) is 4.26. The highest BCUT2D eigenvalue weighted by molar-refractivity contribution is 5.32. The van der Waals surface area contributed by atoms with E-state index in [9.17, 15) is 0 Å². The molecule has 1 saturated heterocycles. The fraction of sp³-hybridized carbons (Fsp3) is 0.615. The summed E-state index contributed by atoms with van der Waals surface area (Å²) in [6, 6.07) is 4.20. The number of ether oxygens (including phenoxy) is 2. The van der Waals surface area contributed by atoms with Crippen LogP contribution in [-0.2, 0) is 0 Å². The standard InChI is InChI=1S/C13H20N2O2/c1-10(2)17-12-6-4-8-15-13(12)16-9-11-5-3-7-14-11/h4,6,8,10-11,14H,3,5,7,9H2,1-2H3. The van der Waals surface area contributed by atoms with E-state index < -0.39 is 0 Å². The highest BCUT2D eigenvalue weighted by atomic mass is 16.5. The van der Waals surface area contributed by atoms with Crippen molar-refractivity contribution < 1.29 is 9.47 Å². The summed E-state index contributed by atoms with van der Waals surface area (Å²) in [5, 5.41) is 3.39. The number of nitrogens with one attached hydrogen (secondary N) is 1. The summed E-state index contributed by atoms with van der Waals surface area (Å²) in [5.41, 5.74) is 0. The molecule has 94 valence electrons. The Bertz CT molecular complexity index is 349. The van der Waals surface area contributed by atoms with Crippen molar-refractivity contribution in [2.45, 2.75) is 38.8 Å². The lowest BCUT2D eigenvalue weighted by Crippen LogP contribution is -2.28. The van der Waals surface area contributed by atoms with Crippen LogP contribution >= 0.6 is 0 Å². The first-order valence-corrected chi connectivity index (χ1v) is 6.23. The van der Waals surface area contributed by atoms with Gasteiger partial charge in [-0.25, -0.2) is 4.98 Å². The zero-order valence-electron chi connectivity index (χ0n) is 10.5. The Morgan fingerprint density at radius 2 is 2.41 bits per heavy atom. The quantitative estimate of drug-likeness (QED) is 0.849. The van der Waals surface area contributed by atoms with Gasteiger partial charge >= 0.3 is 0 Å². The molecule has 1 fully saturated rings. The third kappa shape index (κ3) is 3.60. The summed E-state index contributed by atoms with van der Waals surface area (Å²) in [7, 11) is 0. The van der Waals surface area contributed by atoms with Gasteiger partial charge in [-0.1, -0.05) is 0 Å². The summed E-state index contributed by atoms with van der Waals surface area (Å²) in [5.74, 6) is 1.32. The maximum absolute atomic E-state index is 5.72. The third-order valence-electron chi connectivity index (χ3n) is 2.68. The van der Waals surface area contributed by atoms with E-state index in [4.69, 9.17) is 9.47 Å². The molecule has 1 aliphatic rings. The van der Waals surface area contributed by atoms with Gasteiger partial charge in [-0.05, 0) is 45.4 Å². The average Bonchev–Trinajstić information content (AvgIpc) is 2.80. The van der Waals surface area contributed by atoms with Crippen LogP contribution in [0.5, 0.6) is 11.6 Å². The first kappa shape index (κ1) is 12.2. The van der Waals surface area contributed by atoms with E-state index in [2.05, 4.69) is 10.3 Å². The molecule has 0 bridgehead atoms. The maximum Gasteiger partial charge on any atom is 0.257 e. The fourth-order valence-corrected chi connectivity index (χ4v) is 1.91. The molecule has 0 aromatic carbocycles. The number of rotatable bonds is 5. The van der Waals surface area contributed by atoms with Gasteiger partial charge in [-0.15, -0.1) is 0 Å². The normalized spacial score (nSPS) is 19.6. The molecule has 17 heavy (non-hydrogen) atoms. The van der Waals surface area contributed by atoms with Crippen LogP contribution in [0.4, 0.5) is 0 Å². The van der Waals surface area contributed by atoms with Gasteiger partial charge in [0.15, 0.2) is 5.75 Å². The van der Waals surface area contributed by atoms with Crippen molar-refractivity contribution in [1.29, 1.82) is 0 Å². The molecule has 2 heterocycles. The SMILES string of the molecule is CC(C)Oc1cccnc1OCC1CCCN1. The molecule has 2 rings (SSSR count). The molecule has 1 atom stereocenters. The minimum atomic E-state index is 0.131. The van der Waals surface area contributed by atoms with Crippen LogP contribution in [0.25, 0.3) is 0 Å². The molecule has 1 aliphatic heterocycles. The van der Waals surface area contributed by atoms with E-state index >= 15 is 0 Å². The Balaban J connectivity index is 1.94. The zero-order chi connectivity index (χ0) is 12.1. The lowest BCUT2D eigenvalue weighted by atomic mass is 10.2. The molecule has 4 nitrogen and oxygen atoms in total. The molecule has 0 aliphatic carbocycles. The molecule has 4 heteroatoms. The first-order valence-electron chi connectivity index (χ1n) is 6.23. The van der Waals surface area contributed by atoms with Gasteiger partial charge in [0.25, 0.3) is 5.88 Å². The van der Waals surface area contributed by atoms with Crippen LogP contribution in [0.3, 0.4) is 0 Å². The molecule has 0 saturated carbocycles. The van der Waals surface area contributed by atoms with Crippen molar-refractivity contribution >= 4 is 0 Å². The highest BCUT2D eigenvalue weighted by Gasteiger charge is 2.16. The molecular formula is C13H20N2O2. The lowest BCUT2D eigenvalue weighted by Gasteiger charge is -2.15. The second-order valence-corrected chi connectivity index (χ2v) is 4.58. The minimum Gasteiger partial charge on any atom is -0.485 e. The smallest absolute Gasteiger partial charge is 0.257 e. The van der Waals surface area contributed by atoms with Crippen LogP contribution in [0.15, 0.2) is 18.3 Å². The van der Waals surface area contributed by atoms with Crippen molar-refractivity contribution in [2.75, 3.05) is 13.2 Å². The van der Waals surface area contributed by atoms with E-state index in [-0.39, 0.29) is 6.10 Å². The van der Waals surface area contributed by atoms with E-state index in [0.717, 1.165) is 12.3 Å². The molecule has 1 aromatic heterocycles. The van der Waals surface area contributed by atoms with Crippen LogP contribution in [-0.4, -0.2) is 30.3 Å². The second kappa shape index (κ2) is 5.87. The Morgan fingerprint density at radius 3 is 3.12 bits per heavy atom. The van der Waals surface area contributed by atoms with Crippen LogP contribution in [0.1, 0.15) is 26.7 Å². The predicted molar refractivity (Wildman–Crippen MR) is 66.5 cm³/mol. The van der Waals surface area contributed by atoms with E-state index in [0.29, 0.717) is 18.5 Å². The van der Waals surface area contributed by atoms with Crippen molar-refractivity contribution in [1.82, 2.24) is 10.3 Å². The fourth-order valence-electron chi connectivity index (χ4n) is 1.91.